The predicted molar refractivity (Wildman–Crippen MR) is 105 cm³/mol. The van der Waals surface area contributed by atoms with Crippen LogP contribution in [0.3, 0.4) is 0 Å². The molecule has 0 aliphatic heterocycles. The number of unbranched alkanes of at least 4 members (excludes halogenated alkanes) is 9. The van der Waals surface area contributed by atoms with Crippen LogP contribution in [0.25, 0.3) is 0 Å². The number of halogens is 1. The van der Waals surface area contributed by atoms with Crippen LogP contribution in [-0.4, -0.2) is 9.97 Å². The molecule has 25 heavy (non-hydrogen) atoms. The second-order valence-corrected chi connectivity index (χ2v) is 5.59. The molecule has 0 atom stereocenters. The molecule has 0 spiro atoms. The molecule has 1 N–H and O–H groups in total. The fourth-order valence-corrected chi connectivity index (χ4v) is 2.08. The average Bonchev–Trinajstić information content (AvgIpc) is 3.19. The molecule has 0 saturated carbocycles. The summed E-state index contributed by atoms with van der Waals surface area (Å²) in [5.41, 5.74) is 0. The van der Waals surface area contributed by atoms with E-state index in [1.54, 1.807) is 12.4 Å². The van der Waals surface area contributed by atoms with Gasteiger partial charge < -0.3 is 11.9 Å². The van der Waals surface area contributed by atoms with Gasteiger partial charge in [-0.1, -0.05) is 70.8 Å². The van der Waals surface area contributed by atoms with Gasteiger partial charge in [0.25, 0.3) is 0 Å². The van der Waals surface area contributed by atoms with E-state index in [2.05, 4.69) is 23.8 Å². The fraction of sp³-hybridized carbons (Fsp3) is 0.524. The molecule has 2 heterocycles. The number of nitrogens with one attached hydrogen (secondary N) is 1. The van der Waals surface area contributed by atoms with Crippen LogP contribution in [0.15, 0.2) is 55.1 Å². The van der Waals surface area contributed by atoms with Crippen LogP contribution in [0.5, 0.6) is 0 Å². The summed E-state index contributed by atoms with van der Waals surface area (Å²) in [6.07, 6.45) is 21.1. The third-order valence-electron chi connectivity index (χ3n) is 3.42. The molecule has 0 fully saturated rings. The summed E-state index contributed by atoms with van der Waals surface area (Å²) in [5, 5.41) is 0. The van der Waals surface area contributed by atoms with Crippen molar-refractivity contribution in [1.29, 1.82) is 0 Å². The van der Waals surface area contributed by atoms with Gasteiger partial charge in [0, 0.05) is 24.8 Å². The SMILES string of the molecule is F.[CH2-]CCCCCCCCCCC.[Na+].c1cc[nH]c1.c1ccncc1. The van der Waals surface area contributed by atoms with Gasteiger partial charge in [-0.15, -0.1) is 0 Å². The van der Waals surface area contributed by atoms with Crippen molar-refractivity contribution in [2.75, 3.05) is 0 Å². The molecule has 0 unspecified atom stereocenters. The molecular formula is C21H36FN2Na. The third kappa shape index (κ3) is 28.4. The van der Waals surface area contributed by atoms with E-state index in [4.69, 9.17) is 0 Å². The number of nitrogens with zero attached hydrogens (tertiary/aromatic N) is 1. The van der Waals surface area contributed by atoms with Gasteiger partial charge >= 0.3 is 29.6 Å². The molecule has 0 amide bonds. The minimum Gasteiger partial charge on any atom is -0.368 e. The zero-order valence-corrected chi connectivity index (χ0v) is 18.3. The summed E-state index contributed by atoms with van der Waals surface area (Å²) in [5.74, 6) is 0. The van der Waals surface area contributed by atoms with Crippen LogP contribution in [0, 0.1) is 6.92 Å². The quantitative estimate of drug-likeness (QED) is 0.410. The Morgan fingerprint density at radius 1 is 0.720 bits per heavy atom. The van der Waals surface area contributed by atoms with Crippen molar-refractivity contribution in [2.24, 2.45) is 0 Å². The molecule has 0 aromatic carbocycles. The molecule has 2 rings (SSSR count). The molecule has 4 heteroatoms. The average molecular weight is 359 g/mol. The number of rotatable bonds is 9. The van der Waals surface area contributed by atoms with E-state index in [0.29, 0.717) is 0 Å². The minimum atomic E-state index is 0. The van der Waals surface area contributed by atoms with Crippen LogP contribution in [-0.2, 0) is 0 Å². The second-order valence-electron chi connectivity index (χ2n) is 5.59. The van der Waals surface area contributed by atoms with Crippen molar-refractivity contribution < 1.29 is 34.3 Å². The van der Waals surface area contributed by atoms with Gasteiger partial charge in [-0.3, -0.25) is 9.69 Å². The van der Waals surface area contributed by atoms with E-state index in [0.717, 1.165) is 6.42 Å². The number of H-pyrrole nitrogens is 1. The first-order valence-electron chi connectivity index (χ1n) is 9.13. The minimum absolute atomic E-state index is 0. The van der Waals surface area contributed by atoms with E-state index in [9.17, 15) is 0 Å². The molecule has 2 aromatic rings. The van der Waals surface area contributed by atoms with Crippen LogP contribution < -0.4 is 29.6 Å². The maximum absolute atomic E-state index is 3.84. The first-order valence-corrected chi connectivity index (χ1v) is 9.13. The summed E-state index contributed by atoms with van der Waals surface area (Å²) in [6.45, 7) is 6.12. The van der Waals surface area contributed by atoms with Crippen molar-refractivity contribution in [2.45, 2.75) is 71.1 Å². The molecule has 0 aliphatic rings. The van der Waals surface area contributed by atoms with Gasteiger partial charge in [-0.05, 0) is 24.3 Å². The Kier molecular flexibility index (Phi) is 32.8. The molecule has 0 saturated heterocycles. The fourth-order valence-electron chi connectivity index (χ4n) is 2.08. The van der Waals surface area contributed by atoms with Crippen LogP contribution in [0.2, 0.25) is 0 Å². The van der Waals surface area contributed by atoms with Crippen LogP contribution >= 0.6 is 0 Å². The Labute approximate surface area is 176 Å². The van der Waals surface area contributed by atoms with Crippen molar-refractivity contribution in [3.05, 3.63) is 62.0 Å². The van der Waals surface area contributed by atoms with E-state index < -0.39 is 0 Å². The smallest absolute Gasteiger partial charge is 0.368 e. The Bertz CT molecular complexity index is 328. The molecule has 0 aliphatic carbocycles. The zero-order valence-electron chi connectivity index (χ0n) is 16.3. The number of hydrogen-bond donors (Lipinski definition) is 1. The molecule has 2 nitrogen and oxygen atoms in total. The Hall–Kier alpha value is -0.640. The van der Waals surface area contributed by atoms with Gasteiger partial charge in [-0.2, -0.15) is 6.42 Å². The predicted octanol–water partition coefficient (Wildman–Crippen LogP) is 3.99. The van der Waals surface area contributed by atoms with Crippen molar-refractivity contribution in [3.8, 4) is 0 Å². The normalized spacial score (nSPS) is 8.56. The second kappa shape index (κ2) is 28.2. The van der Waals surface area contributed by atoms with E-state index in [1.807, 2.05) is 42.7 Å². The largest absolute Gasteiger partial charge is 1.00 e. The number of hydrogen-bond acceptors (Lipinski definition) is 1. The van der Waals surface area contributed by atoms with Crippen LogP contribution in [0.4, 0.5) is 4.70 Å². The third-order valence-corrected chi connectivity index (χ3v) is 3.42. The standard InChI is InChI=1S/C12H25.C5H5N.C4H5N.FH.Na/c1-3-5-7-9-11-12-10-8-6-4-2;1-2-4-6-5-3-1;1-2-4-5-3-1;;/h1,3-12H2,2H3;1-5H;1-5H;1H;/q-1;;;;+1. The molecule has 138 valence electrons. The summed E-state index contributed by atoms with van der Waals surface area (Å²) in [6, 6.07) is 9.60. The maximum atomic E-state index is 3.84. The number of aromatic amines is 1. The van der Waals surface area contributed by atoms with E-state index in [-0.39, 0.29) is 34.3 Å². The van der Waals surface area contributed by atoms with E-state index >= 15 is 0 Å². The van der Waals surface area contributed by atoms with Gasteiger partial charge in [0.1, 0.15) is 0 Å². The van der Waals surface area contributed by atoms with Gasteiger partial charge in [0.15, 0.2) is 0 Å². The van der Waals surface area contributed by atoms with Gasteiger partial charge in [0.05, 0.1) is 0 Å². The zero-order chi connectivity index (χ0) is 16.8. The summed E-state index contributed by atoms with van der Waals surface area (Å²) < 4.78 is 0. The van der Waals surface area contributed by atoms with Crippen molar-refractivity contribution >= 4 is 0 Å². The van der Waals surface area contributed by atoms with Crippen molar-refractivity contribution in [3.63, 3.8) is 0 Å². The number of aromatic nitrogens is 2. The van der Waals surface area contributed by atoms with Gasteiger partial charge in [0.2, 0.25) is 0 Å². The molecular weight excluding hydrogens is 322 g/mol. The van der Waals surface area contributed by atoms with Crippen molar-refractivity contribution in [1.82, 2.24) is 9.97 Å². The monoisotopic (exact) mass is 358 g/mol. The first kappa shape index (κ1) is 29.1. The molecule has 0 bridgehead atoms. The summed E-state index contributed by atoms with van der Waals surface area (Å²) in [4.78, 5) is 6.65. The summed E-state index contributed by atoms with van der Waals surface area (Å²) in [7, 11) is 0. The Morgan fingerprint density at radius 2 is 1.20 bits per heavy atom. The topological polar surface area (TPSA) is 28.7 Å². The summed E-state index contributed by atoms with van der Waals surface area (Å²) >= 11 is 0. The van der Waals surface area contributed by atoms with E-state index in [1.165, 1.54) is 57.8 Å². The molecule has 0 radical (unpaired) electrons. The molecule has 2 aromatic heterocycles. The number of pyridine rings is 1. The Morgan fingerprint density at radius 3 is 1.48 bits per heavy atom. The first-order chi connectivity index (χ1) is 11.4. The van der Waals surface area contributed by atoms with Gasteiger partial charge in [-0.25, -0.2) is 0 Å². The van der Waals surface area contributed by atoms with Crippen LogP contribution in [0.1, 0.15) is 71.1 Å². The maximum Gasteiger partial charge on any atom is 1.00 e. The Balaban J connectivity index is -0.000000311.